The number of unbranched alkanes of at least 4 members (excludes halogenated alkanes) is 1. The summed E-state index contributed by atoms with van der Waals surface area (Å²) in [5.74, 6) is -5.29. The van der Waals surface area contributed by atoms with Crippen LogP contribution in [0.5, 0.6) is 5.75 Å². The van der Waals surface area contributed by atoms with Crippen LogP contribution in [-0.4, -0.2) is 127 Å². The molecule has 1 rings (SSSR count). The number of aromatic hydroxyl groups is 1. The van der Waals surface area contributed by atoms with E-state index in [-0.39, 0.29) is 88.2 Å². The minimum absolute atomic E-state index is 0.00505. The van der Waals surface area contributed by atoms with E-state index in [1.165, 1.54) is 24.3 Å². The molecule has 0 aromatic heterocycles. The van der Waals surface area contributed by atoms with Crippen LogP contribution in [0.3, 0.4) is 0 Å². The van der Waals surface area contributed by atoms with Gasteiger partial charge in [-0.1, -0.05) is 39.3 Å². The van der Waals surface area contributed by atoms with Crippen LogP contribution in [-0.2, 0) is 40.0 Å². The molecule has 0 aliphatic carbocycles. The van der Waals surface area contributed by atoms with Gasteiger partial charge >= 0.3 is 0 Å². The molecule has 0 bridgehead atoms. The normalized spacial score (nSPS) is 14.2. The first-order valence-electron chi connectivity index (χ1n) is 22.4. The zero-order chi connectivity index (χ0) is 49.8. The highest BCUT2D eigenvalue weighted by Gasteiger charge is 2.33. The maximum atomic E-state index is 14.1. The third-order valence-electron chi connectivity index (χ3n) is 10.2. The van der Waals surface area contributed by atoms with Gasteiger partial charge in [0.2, 0.25) is 41.4 Å². The Morgan fingerprint density at radius 3 is 1.47 bits per heavy atom. The average Bonchev–Trinajstić information content (AvgIpc) is 3.25. The van der Waals surface area contributed by atoms with Crippen LogP contribution in [0.2, 0.25) is 0 Å². The SMILES string of the molecule is CCC[C@H](NC(=O)[C@H](CCCN=C(N)N)NC(=O)[C@@H](CCCCN)NC(=O)[C@@H](N)CCCN=C(N)N)C(=O)N[C@@H](Cc1ccc(O)cc1)C(=O)N[C@@H](CN)C(=O)N[C@@H](CCC(C)C)C(N)=O. The maximum absolute atomic E-state index is 14.1. The Hall–Kier alpha value is -6.27. The second kappa shape index (κ2) is 31.6. The van der Waals surface area contributed by atoms with Crippen LogP contribution < -0.4 is 77.8 Å². The van der Waals surface area contributed by atoms with Gasteiger partial charge in [0.15, 0.2) is 11.9 Å². The lowest BCUT2D eigenvalue weighted by molar-refractivity contribution is -0.135. The summed E-state index contributed by atoms with van der Waals surface area (Å²) in [6.07, 6.45) is 3.21. The average molecular weight is 933 g/mol. The molecule has 0 unspecified atom stereocenters. The van der Waals surface area contributed by atoms with Gasteiger partial charge < -0.3 is 82.9 Å². The number of nitrogens with zero attached hydrogens (tertiary/aromatic N) is 2. The monoisotopic (exact) mass is 933 g/mol. The van der Waals surface area contributed by atoms with E-state index in [0.29, 0.717) is 44.2 Å². The molecule has 0 fully saturated rings. The van der Waals surface area contributed by atoms with Crippen molar-refractivity contribution in [1.82, 2.24) is 31.9 Å². The van der Waals surface area contributed by atoms with Crippen molar-refractivity contribution < 1.29 is 38.7 Å². The van der Waals surface area contributed by atoms with E-state index in [2.05, 4.69) is 41.9 Å². The molecule has 0 heterocycles. The lowest BCUT2D eigenvalue weighted by atomic mass is 10.0. The fourth-order valence-electron chi connectivity index (χ4n) is 6.48. The van der Waals surface area contributed by atoms with Crippen molar-refractivity contribution in [2.45, 2.75) is 140 Å². The maximum Gasteiger partial charge on any atom is 0.244 e. The molecule has 23 N–H and O–H groups in total. The molecular weight excluding hydrogens is 857 g/mol. The number of carbonyl (C=O) groups excluding carboxylic acids is 7. The van der Waals surface area contributed by atoms with Gasteiger partial charge in [-0.05, 0) is 94.4 Å². The van der Waals surface area contributed by atoms with Crippen molar-refractivity contribution >= 4 is 53.3 Å². The minimum atomic E-state index is -1.35. The van der Waals surface area contributed by atoms with E-state index in [1.807, 2.05) is 13.8 Å². The lowest BCUT2D eigenvalue weighted by Crippen LogP contribution is -2.61. The molecule has 0 aliphatic rings. The molecule has 7 atom stereocenters. The van der Waals surface area contributed by atoms with Crippen molar-refractivity contribution in [3.8, 4) is 5.75 Å². The number of nitrogens with one attached hydrogen (secondary N) is 6. The number of carbonyl (C=O) groups is 7. The number of phenols is 1. The Labute approximate surface area is 386 Å². The van der Waals surface area contributed by atoms with E-state index in [4.69, 9.17) is 45.9 Å². The summed E-state index contributed by atoms with van der Waals surface area (Å²) in [4.78, 5) is 102. The smallest absolute Gasteiger partial charge is 0.244 e. The topological polar surface area (TPSA) is 445 Å². The van der Waals surface area contributed by atoms with Gasteiger partial charge in [0.1, 0.15) is 42.0 Å². The van der Waals surface area contributed by atoms with Crippen LogP contribution >= 0.6 is 0 Å². The molecule has 0 radical (unpaired) electrons. The van der Waals surface area contributed by atoms with E-state index in [1.54, 1.807) is 6.92 Å². The first-order chi connectivity index (χ1) is 31.2. The van der Waals surface area contributed by atoms with E-state index in [9.17, 15) is 38.7 Å². The number of aliphatic imine (C=N–C) groups is 2. The second-order valence-electron chi connectivity index (χ2n) is 16.4. The number of rotatable bonds is 33. The highest BCUT2D eigenvalue weighted by molar-refractivity contribution is 5.97. The van der Waals surface area contributed by atoms with Crippen molar-refractivity contribution in [2.24, 2.45) is 61.8 Å². The molecule has 24 heteroatoms. The zero-order valence-electron chi connectivity index (χ0n) is 38.6. The molecule has 0 spiro atoms. The fraction of sp³-hybridized carbons (Fsp3) is 0.643. The first kappa shape index (κ1) is 57.7. The highest BCUT2D eigenvalue weighted by Crippen LogP contribution is 2.13. The van der Waals surface area contributed by atoms with Gasteiger partial charge in [0, 0.05) is 26.1 Å². The van der Waals surface area contributed by atoms with Gasteiger partial charge in [0.05, 0.1) is 6.04 Å². The first-order valence-corrected chi connectivity index (χ1v) is 22.4. The number of hydrogen-bond acceptors (Lipinski definition) is 13. The van der Waals surface area contributed by atoms with Crippen molar-refractivity contribution in [2.75, 3.05) is 26.2 Å². The molecule has 1 aromatic rings. The van der Waals surface area contributed by atoms with Crippen LogP contribution in [0.15, 0.2) is 34.3 Å². The lowest BCUT2D eigenvalue weighted by Gasteiger charge is -2.27. The third kappa shape index (κ3) is 23.6. The zero-order valence-corrected chi connectivity index (χ0v) is 38.6. The Bertz CT molecular complexity index is 1760. The third-order valence-corrected chi connectivity index (χ3v) is 10.2. The number of benzene rings is 1. The molecule has 24 nitrogen and oxygen atoms in total. The summed E-state index contributed by atoms with van der Waals surface area (Å²) >= 11 is 0. The standard InChI is InChI=1S/C42H76N16O8/c1-4-9-29(36(62)57-32(22-25-14-16-26(59)17-15-25)39(65)58-33(23-44)40(66)53-28(34(46)60)18-13-24(2)3)55-38(64)31(12-8-21-52-42(49)50)56-37(63)30(11-5-6-19-43)54-35(61)27(45)10-7-20-51-41(47)48/h14-17,24,27-33,59H,4-13,18-23,43-45H2,1-3H3,(H2,46,60)(H,53,66)(H,54,61)(H,55,64)(H,56,63)(H,57,62)(H,58,65)(H4,47,48,51)(H4,49,50,52)/t27-,28-,29-,30+,31-,32-,33-/m0/s1. The minimum Gasteiger partial charge on any atom is -0.508 e. The fourth-order valence-corrected chi connectivity index (χ4v) is 6.48. The molecule has 66 heavy (non-hydrogen) atoms. The summed E-state index contributed by atoms with van der Waals surface area (Å²) < 4.78 is 0. The number of amides is 7. The van der Waals surface area contributed by atoms with Crippen molar-refractivity contribution in [3.05, 3.63) is 29.8 Å². The summed E-state index contributed by atoms with van der Waals surface area (Å²) in [5.41, 5.74) is 45.5. The number of nitrogens with two attached hydrogens (primary N) is 8. The molecule has 372 valence electrons. The van der Waals surface area contributed by atoms with Crippen molar-refractivity contribution in [3.63, 3.8) is 0 Å². The Morgan fingerprint density at radius 1 is 0.545 bits per heavy atom. The molecule has 0 aliphatic heterocycles. The summed E-state index contributed by atoms with van der Waals surface area (Å²) in [6.45, 7) is 5.97. The van der Waals surface area contributed by atoms with Crippen LogP contribution in [0, 0.1) is 5.92 Å². The van der Waals surface area contributed by atoms with E-state index < -0.39 is 83.6 Å². The quantitative estimate of drug-likeness (QED) is 0.0182. The van der Waals surface area contributed by atoms with Crippen molar-refractivity contribution in [1.29, 1.82) is 0 Å². The summed E-state index contributed by atoms with van der Waals surface area (Å²) in [5, 5.41) is 25.7. The predicted molar refractivity (Wildman–Crippen MR) is 251 cm³/mol. The van der Waals surface area contributed by atoms with Crippen LogP contribution in [0.25, 0.3) is 0 Å². The van der Waals surface area contributed by atoms with Gasteiger partial charge in [0.25, 0.3) is 0 Å². The van der Waals surface area contributed by atoms with E-state index in [0.717, 1.165) is 0 Å². The predicted octanol–water partition coefficient (Wildman–Crippen LogP) is -3.91. The molecule has 0 saturated heterocycles. The van der Waals surface area contributed by atoms with Gasteiger partial charge in [-0.15, -0.1) is 0 Å². The Balaban J connectivity index is 3.42. The van der Waals surface area contributed by atoms with Gasteiger partial charge in [-0.3, -0.25) is 43.5 Å². The Kier molecular flexibility index (Phi) is 27.6. The number of guanidine groups is 2. The van der Waals surface area contributed by atoms with E-state index >= 15 is 0 Å². The summed E-state index contributed by atoms with van der Waals surface area (Å²) in [6, 6.07) is -2.44. The summed E-state index contributed by atoms with van der Waals surface area (Å²) in [7, 11) is 0. The van der Waals surface area contributed by atoms with Crippen LogP contribution in [0.1, 0.15) is 97.0 Å². The van der Waals surface area contributed by atoms with Gasteiger partial charge in [-0.2, -0.15) is 0 Å². The Morgan fingerprint density at radius 2 is 0.985 bits per heavy atom. The number of hydrogen-bond donors (Lipinski definition) is 15. The molecule has 7 amide bonds. The number of primary amides is 1. The van der Waals surface area contributed by atoms with Gasteiger partial charge in [-0.25, -0.2) is 0 Å². The number of phenolic OH excluding ortho intramolecular Hbond substituents is 1. The van der Waals surface area contributed by atoms with Crippen LogP contribution in [0.4, 0.5) is 0 Å². The molecule has 0 saturated carbocycles. The largest absolute Gasteiger partial charge is 0.508 e. The highest BCUT2D eigenvalue weighted by atomic mass is 16.3. The molecule has 1 aromatic carbocycles. The second-order valence-corrected chi connectivity index (χ2v) is 16.4. The molecular formula is C42H76N16O8.